The molecule has 3 aromatic rings. The summed E-state index contributed by atoms with van der Waals surface area (Å²) < 4.78 is 0. The Kier molecular flexibility index (Phi) is 3.93. The fourth-order valence-electron chi connectivity index (χ4n) is 2.30. The standard InChI is InChI=1S/C15H13Cl2N3S/c1-2-8-5-6-21-14(8)13-12(15(18)20-19-13)9-3-4-10(16)11(17)7-9/h3-7H,2H2,1H3,(H3,18,19,20). The zero-order chi connectivity index (χ0) is 15.0. The molecule has 0 spiro atoms. The van der Waals surface area contributed by atoms with Gasteiger partial charge in [-0.25, -0.2) is 0 Å². The maximum Gasteiger partial charge on any atom is 0.153 e. The lowest BCUT2D eigenvalue weighted by Gasteiger charge is -2.06. The Balaban J connectivity index is 2.19. The van der Waals surface area contributed by atoms with Crippen LogP contribution in [-0.2, 0) is 6.42 Å². The second-order valence-electron chi connectivity index (χ2n) is 4.62. The molecule has 3 N–H and O–H groups in total. The fraction of sp³-hybridized carbons (Fsp3) is 0.133. The third kappa shape index (κ3) is 2.55. The van der Waals surface area contributed by atoms with Crippen molar-refractivity contribution >= 4 is 40.4 Å². The van der Waals surface area contributed by atoms with Crippen molar-refractivity contribution in [1.29, 1.82) is 0 Å². The van der Waals surface area contributed by atoms with E-state index in [-0.39, 0.29) is 0 Å². The highest BCUT2D eigenvalue weighted by molar-refractivity contribution is 7.13. The predicted octanol–water partition coefficient (Wildman–Crippen LogP) is 5.26. The summed E-state index contributed by atoms with van der Waals surface area (Å²) in [6.45, 7) is 2.13. The van der Waals surface area contributed by atoms with Crippen molar-refractivity contribution in [3.63, 3.8) is 0 Å². The van der Waals surface area contributed by atoms with E-state index in [2.05, 4.69) is 28.6 Å². The molecule has 0 saturated carbocycles. The van der Waals surface area contributed by atoms with Gasteiger partial charge in [-0.05, 0) is 41.1 Å². The van der Waals surface area contributed by atoms with E-state index >= 15 is 0 Å². The van der Waals surface area contributed by atoms with Crippen LogP contribution in [0.4, 0.5) is 5.82 Å². The summed E-state index contributed by atoms with van der Waals surface area (Å²) in [6, 6.07) is 7.60. The number of anilines is 1. The molecular weight excluding hydrogens is 325 g/mol. The van der Waals surface area contributed by atoms with E-state index in [0.29, 0.717) is 15.9 Å². The first-order chi connectivity index (χ1) is 10.1. The number of benzene rings is 1. The van der Waals surface area contributed by atoms with Crippen molar-refractivity contribution in [3.8, 4) is 21.7 Å². The maximum absolute atomic E-state index is 6.12. The minimum atomic E-state index is 0.457. The van der Waals surface area contributed by atoms with E-state index in [4.69, 9.17) is 28.9 Å². The molecule has 3 rings (SSSR count). The number of nitrogens with two attached hydrogens (primary N) is 1. The molecule has 6 heteroatoms. The molecule has 21 heavy (non-hydrogen) atoms. The lowest BCUT2D eigenvalue weighted by molar-refractivity contribution is 1.10. The quantitative estimate of drug-likeness (QED) is 0.685. The van der Waals surface area contributed by atoms with Gasteiger partial charge in [0.2, 0.25) is 0 Å². The number of aryl methyl sites for hydroxylation is 1. The van der Waals surface area contributed by atoms with Crippen molar-refractivity contribution < 1.29 is 0 Å². The molecule has 0 aliphatic heterocycles. The van der Waals surface area contributed by atoms with Gasteiger partial charge in [0, 0.05) is 0 Å². The normalized spacial score (nSPS) is 11.0. The van der Waals surface area contributed by atoms with Gasteiger partial charge in [-0.15, -0.1) is 11.3 Å². The van der Waals surface area contributed by atoms with Gasteiger partial charge in [-0.3, -0.25) is 5.10 Å². The van der Waals surface area contributed by atoms with Gasteiger partial charge < -0.3 is 5.73 Å². The number of rotatable bonds is 3. The molecular formula is C15H13Cl2N3S. The Morgan fingerprint density at radius 2 is 2.05 bits per heavy atom. The van der Waals surface area contributed by atoms with E-state index in [1.165, 1.54) is 5.56 Å². The Morgan fingerprint density at radius 3 is 2.76 bits per heavy atom. The van der Waals surface area contributed by atoms with Gasteiger partial charge in [0.15, 0.2) is 5.82 Å². The lowest BCUT2D eigenvalue weighted by Crippen LogP contribution is -1.89. The first-order valence-electron chi connectivity index (χ1n) is 6.47. The lowest BCUT2D eigenvalue weighted by atomic mass is 10.0. The molecule has 0 fully saturated rings. The number of hydrogen-bond donors (Lipinski definition) is 2. The molecule has 0 aliphatic rings. The average molecular weight is 338 g/mol. The Labute approximate surface area is 136 Å². The first kappa shape index (κ1) is 14.4. The second kappa shape index (κ2) is 5.72. The number of aromatic nitrogens is 2. The summed E-state index contributed by atoms with van der Waals surface area (Å²) in [7, 11) is 0. The highest BCUT2D eigenvalue weighted by Crippen LogP contribution is 2.40. The number of halogens is 2. The van der Waals surface area contributed by atoms with Gasteiger partial charge in [0.05, 0.1) is 26.2 Å². The molecule has 0 amide bonds. The van der Waals surface area contributed by atoms with Crippen molar-refractivity contribution in [1.82, 2.24) is 10.2 Å². The number of thiophene rings is 1. The molecule has 1 aromatic carbocycles. The summed E-state index contributed by atoms with van der Waals surface area (Å²) in [5.74, 6) is 0.457. The number of nitrogens with zero attached hydrogens (tertiary/aromatic N) is 1. The van der Waals surface area contributed by atoms with Crippen LogP contribution in [0.2, 0.25) is 10.0 Å². The van der Waals surface area contributed by atoms with Crippen LogP contribution in [0.5, 0.6) is 0 Å². The third-order valence-electron chi connectivity index (χ3n) is 3.36. The van der Waals surface area contributed by atoms with E-state index in [9.17, 15) is 0 Å². The van der Waals surface area contributed by atoms with Crippen LogP contribution in [0.25, 0.3) is 21.7 Å². The van der Waals surface area contributed by atoms with E-state index in [1.54, 1.807) is 17.4 Å². The van der Waals surface area contributed by atoms with Crippen LogP contribution in [0.3, 0.4) is 0 Å². The summed E-state index contributed by atoms with van der Waals surface area (Å²) in [4.78, 5) is 1.16. The Morgan fingerprint density at radius 1 is 1.24 bits per heavy atom. The fourth-order valence-corrected chi connectivity index (χ4v) is 3.59. The maximum atomic E-state index is 6.12. The third-order valence-corrected chi connectivity index (χ3v) is 5.07. The molecule has 0 radical (unpaired) electrons. The average Bonchev–Trinajstić information content (AvgIpc) is 3.07. The SMILES string of the molecule is CCc1ccsc1-c1[nH]nc(N)c1-c1ccc(Cl)c(Cl)c1. The monoisotopic (exact) mass is 337 g/mol. The van der Waals surface area contributed by atoms with Crippen LogP contribution < -0.4 is 5.73 Å². The van der Waals surface area contributed by atoms with E-state index in [0.717, 1.165) is 28.1 Å². The second-order valence-corrected chi connectivity index (χ2v) is 6.35. The van der Waals surface area contributed by atoms with E-state index < -0.39 is 0 Å². The van der Waals surface area contributed by atoms with Gasteiger partial charge in [0.25, 0.3) is 0 Å². The number of hydrogen-bond acceptors (Lipinski definition) is 3. The summed E-state index contributed by atoms with van der Waals surface area (Å²) in [5, 5.41) is 10.3. The van der Waals surface area contributed by atoms with Crippen molar-refractivity contribution in [2.45, 2.75) is 13.3 Å². The van der Waals surface area contributed by atoms with Crippen LogP contribution in [0, 0.1) is 0 Å². The molecule has 0 saturated heterocycles. The highest BCUT2D eigenvalue weighted by Gasteiger charge is 2.18. The minimum absolute atomic E-state index is 0.457. The smallest absolute Gasteiger partial charge is 0.153 e. The molecule has 3 nitrogen and oxygen atoms in total. The van der Waals surface area contributed by atoms with Gasteiger partial charge in [0.1, 0.15) is 0 Å². The van der Waals surface area contributed by atoms with Crippen LogP contribution in [0.15, 0.2) is 29.6 Å². The molecule has 0 atom stereocenters. The van der Waals surface area contributed by atoms with Crippen LogP contribution in [0.1, 0.15) is 12.5 Å². The molecule has 0 unspecified atom stereocenters. The summed E-state index contributed by atoms with van der Waals surface area (Å²) >= 11 is 13.8. The van der Waals surface area contributed by atoms with Gasteiger partial charge in [-0.1, -0.05) is 36.2 Å². The van der Waals surface area contributed by atoms with Gasteiger partial charge >= 0.3 is 0 Å². The van der Waals surface area contributed by atoms with Crippen molar-refractivity contribution in [2.24, 2.45) is 0 Å². The molecule has 0 aliphatic carbocycles. The van der Waals surface area contributed by atoms with E-state index in [1.807, 2.05) is 12.1 Å². The highest BCUT2D eigenvalue weighted by atomic mass is 35.5. The molecule has 108 valence electrons. The molecule has 2 heterocycles. The van der Waals surface area contributed by atoms with Crippen molar-refractivity contribution in [2.75, 3.05) is 5.73 Å². The topological polar surface area (TPSA) is 54.7 Å². The number of nitrogens with one attached hydrogen (secondary N) is 1. The number of nitrogen functional groups attached to an aromatic ring is 1. The van der Waals surface area contributed by atoms with Crippen molar-refractivity contribution in [3.05, 3.63) is 45.3 Å². The number of H-pyrrole nitrogens is 1. The molecule has 0 bridgehead atoms. The number of aromatic amines is 1. The van der Waals surface area contributed by atoms with Crippen LogP contribution in [-0.4, -0.2) is 10.2 Å². The first-order valence-corrected chi connectivity index (χ1v) is 8.11. The van der Waals surface area contributed by atoms with Crippen LogP contribution >= 0.6 is 34.5 Å². The summed E-state index contributed by atoms with van der Waals surface area (Å²) in [6.07, 6.45) is 0.957. The van der Waals surface area contributed by atoms with Gasteiger partial charge in [-0.2, -0.15) is 5.10 Å². The summed E-state index contributed by atoms with van der Waals surface area (Å²) in [5.41, 5.74) is 10.0. The Hall–Kier alpha value is -1.49. The Bertz CT molecular complexity index is 792. The molecule has 2 aromatic heterocycles. The largest absolute Gasteiger partial charge is 0.382 e. The predicted molar refractivity (Wildman–Crippen MR) is 91.1 cm³/mol. The zero-order valence-electron chi connectivity index (χ0n) is 11.3. The zero-order valence-corrected chi connectivity index (χ0v) is 13.6. The minimum Gasteiger partial charge on any atom is -0.382 e.